The second kappa shape index (κ2) is 6.45. The average Bonchev–Trinajstić information content (AvgIpc) is 2.58. The summed E-state index contributed by atoms with van der Waals surface area (Å²) < 4.78 is 1.52. The van der Waals surface area contributed by atoms with Gasteiger partial charge in [-0.2, -0.15) is 0 Å². The summed E-state index contributed by atoms with van der Waals surface area (Å²) in [5, 5.41) is 1.38. The van der Waals surface area contributed by atoms with E-state index in [1.54, 1.807) is 44.6 Å². The lowest BCUT2D eigenvalue weighted by molar-refractivity contribution is 0.0825. The first-order chi connectivity index (χ1) is 11.5. The number of pyridine rings is 2. The molecular formula is C18H16ClN3O2. The zero-order valence-corrected chi connectivity index (χ0v) is 14.1. The summed E-state index contributed by atoms with van der Waals surface area (Å²) in [6.45, 7) is 0.318. The molecule has 5 nitrogen and oxygen atoms in total. The number of hydrogen-bond acceptors (Lipinski definition) is 3. The standard InChI is InChI=1S/C18H16ClN3O2/c1-21(2)17(23)15-10-13-4-3-9-20-16(13)22(18(15)24)11-12-5-7-14(19)8-6-12/h3-10H,11H2,1-2H3. The van der Waals surface area contributed by atoms with Gasteiger partial charge in [-0.25, -0.2) is 4.98 Å². The van der Waals surface area contributed by atoms with Crippen LogP contribution in [0.4, 0.5) is 0 Å². The highest BCUT2D eigenvalue weighted by molar-refractivity contribution is 6.30. The van der Waals surface area contributed by atoms with Crippen LogP contribution in [0.3, 0.4) is 0 Å². The molecule has 2 aromatic heterocycles. The number of carbonyl (C=O) groups is 1. The summed E-state index contributed by atoms with van der Waals surface area (Å²) in [5.74, 6) is -0.324. The Morgan fingerprint density at radius 1 is 1.21 bits per heavy atom. The fraction of sp³-hybridized carbons (Fsp3) is 0.167. The Hall–Kier alpha value is -2.66. The van der Waals surface area contributed by atoms with E-state index in [-0.39, 0.29) is 17.0 Å². The van der Waals surface area contributed by atoms with Gasteiger partial charge in [0.1, 0.15) is 11.2 Å². The Kier molecular flexibility index (Phi) is 4.36. The van der Waals surface area contributed by atoms with Gasteiger partial charge in [-0.05, 0) is 35.9 Å². The highest BCUT2D eigenvalue weighted by atomic mass is 35.5. The summed E-state index contributed by atoms with van der Waals surface area (Å²) in [7, 11) is 3.25. The molecule has 6 heteroatoms. The first kappa shape index (κ1) is 16.2. The van der Waals surface area contributed by atoms with Gasteiger partial charge in [-0.1, -0.05) is 23.7 Å². The van der Waals surface area contributed by atoms with Crippen molar-refractivity contribution in [2.45, 2.75) is 6.54 Å². The number of aromatic nitrogens is 2. The van der Waals surface area contributed by atoms with Crippen LogP contribution >= 0.6 is 11.6 Å². The van der Waals surface area contributed by atoms with E-state index in [1.807, 2.05) is 18.2 Å². The molecule has 0 aliphatic carbocycles. The SMILES string of the molecule is CN(C)C(=O)c1cc2cccnc2n(Cc2ccc(Cl)cc2)c1=O. The third-order valence-corrected chi connectivity index (χ3v) is 3.99. The first-order valence-corrected chi connectivity index (χ1v) is 7.80. The second-order valence-electron chi connectivity index (χ2n) is 5.69. The lowest BCUT2D eigenvalue weighted by atomic mass is 10.1. The van der Waals surface area contributed by atoms with Crippen molar-refractivity contribution in [1.82, 2.24) is 14.5 Å². The molecular weight excluding hydrogens is 326 g/mol. The van der Waals surface area contributed by atoms with Crippen molar-refractivity contribution >= 4 is 28.5 Å². The van der Waals surface area contributed by atoms with Crippen LogP contribution in [-0.2, 0) is 6.54 Å². The monoisotopic (exact) mass is 341 g/mol. The number of nitrogens with zero attached hydrogens (tertiary/aromatic N) is 3. The lowest BCUT2D eigenvalue weighted by Gasteiger charge is -2.14. The minimum Gasteiger partial charge on any atom is -0.345 e. The van der Waals surface area contributed by atoms with Crippen LogP contribution in [-0.4, -0.2) is 34.5 Å². The third kappa shape index (κ3) is 3.03. The minimum atomic E-state index is -0.352. The molecule has 0 saturated carbocycles. The second-order valence-corrected chi connectivity index (χ2v) is 6.13. The number of benzene rings is 1. The molecule has 0 saturated heterocycles. The molecule has 2 heterocycles. The van der Waals surface area contributed by atoms with Crippen LogP contribution < -0.4 is 5.56 Å². The average molecular weight is 342 g/mol. The van der Waals surface area contributed by atoms with Crippen LogP contribution in [0.15, 0.2) is 53.5 Å². The Balaban J connectivity index is 2.20. The summed E-state index contributed by atoms with van der Waals surface area (Å²) in [6, 6.07) is 12.5. The van der Waals surface area contributed by atoms with E-state index < -0.39 is 0 Å². The molecule has 3 rings (SSSR count). The maximum atomic E-state index is 12.8. The lowest BCUT2D eigenvalue weighted by Crippen LogP contribution is -2.33. The van der Waals surface area contributed by atoms with Crippen molar-refractivity contribution in [1.29, 1.82) is 0 Å². The molecule has 0 unspecified atom stereocenters. The molecule has 0 N–H and O–H groups in total. The van der Waals surface area contributed by atoms with E-state index in [2.05, 4.69) is 4.98 Å². The van der Waals surface area contributed by atoms with Gasteiger partial charge < -0.3 is 4.90 Å². The third-order valence-electron chi connectivity index (χ3n) is 3.74. The number of carbonyl (C=O) groups excluding carboxylic acids is 1. The molecule has 1 amide bonds. The van der Waals surface area contributed by atoms with Crippen molar-refractivity contribution in [3.8, 4) is 0 Å². The molecule has 0 radical (unpaired) electrons. The molecule has 24 heavy (non-hydrogen) atoms. The van der Waals surface area contributed by atoms with Crippen LogP contribution in [0, 0.1) is 0 Å². The zero-order valence-electron chi connectivity index (χ0n) is 13.4. The molecule has 0 aliphatic heterocycles. The normalized spacial score (nSPS) is 10.8. The molecule has 0 atom stereocenters. The summed E-state index contributed by atoms with van der Waals surface area (Å²) in [5.41, 5.74) is 1.24. The van der Waals surface area contributed by atoms with Crippen molar-refractivity contribution in [2.75, 3.05) is 14.1 Å². The molecule has 0 bridgehead atoms. The van der Waals surface area contributed by atoms with E-state index in [4.69, 9.17) is 11.6 Å². The summed E-state index contributed by atoms with van der Waals surface area (Å²) in [4.78, 5) is 30.9. The predicted molar refractivity (Wildman–Crippen MR) is 94.6 cm³/mol. The smallest absolute Gasteiger partial charge is 0.265 e. The summed E-state index contributed by atoms with van der Waals surface area (Å²) in [6.07, 6.45) is 1.63. The predicted octanol–water partition coefficient (Wildman–Crippen LogP) is 2.80. The van der Waals surface area contributed by atoms with Crippen LogP contribution in [0.5, 0.6) is 0 Å². The van der Waals surface area contributed by atoms with Gasteiger partial charge in [0.25, 0.3) is 11.5 Å². The topological polar surface area (TPSA) is 55.2 Å². The maximum absolute atomic E-state index is 12.8. The van der Waals surface area contributed by atoms with Crippen molar-refractivity contribution in [3.63, 3.8) is 0 Å². The maximum Gasteiger partial charge on any atom is 0.265 e. The fourth-order valence-corrected chi connectivity index (χ4v) is 2.65. The Morgan fingerprint density at radius 3 is 2.58 bits per heavy atom. The number of fused-ring (bicyclic) bond motifs is 1. The van der Waals surface area contributed by atoms with Gasteiger partial charge >= 0.3 is 0 Å². The van der Waals surface area contributed by atoms with E-state index in [1.165, 1.54) is 9.47 Å². The quantitative estimate of drug-likeness (QED) is 0.736. The van der Waals surface area contributed by atoms with Crippen molar-refractivity contribution in [3.05, 3.63) is 75.2 Å². The largest absolute Gasteiger partial charge is 0.345 e. The van der Waals surface area contributed by atoms with E-state index in [0.717, 1.165) is 10.9 Å². The molecule has 0 fully saturated rings. The van der Waals surface area contributed by atoms with Crippen LogP contribution in [0.25, 0.3) is 11.0 Å². The van der Waals surface area contributed by atoms with Gasteiger partial charge in [0, 0.05) is 30.7 Å². The van der Waals surface area contributed by atoms with Gasteiger partial charge in [-0.15, -0.1) is 0 Å². The zero-order chi connectivity index (χ0) is 17.3. The Bertz CT molecular complexity index is 962. The number of halogens is 1. The number of amides is 1. The first-order valence-electron chi connectivity index (χ1n) is 7.42. The molecule has 1 aromatic carbocycles. The number of hydrogen-bond donors (Lipinski definition) is 0. The van der Waals surface area contributed by atoms with Crippen LogP contribution in [0.1, 0.15) is 15.9 Å². The van der Waals surface area contributed by atoms with Crippen LogP contribution in [0.2, 0.25) is 5.02 Å². The van der Waals surface area contributed by atoms with E-state index in [9.17, 15) is 9.59 Å². The Labute approximate surface area is 144 Å². The summed E-state index contributed by atoms with van der Waals surface area (Å²) >= 11 is 5.91. The molecule has 122 valence electrons. The molecule has 3 aromatic rings. The van der Waals surface area contributed by atoms with Crippen molar-refractivity contribution < 1.29 is 4.79 Å². The highest BCUT2D eigenvalue weighted by Crippen LogP contribution is 2.15. The van der Waals surface area contributed by atoms with Gasteiger partial charge in [0.15, 0.2) is 0 Å². The Morgan fingerprint density at radius 2 is 1.92 bits per heavy atom. The van der Waals surface area contributed by atoms with E-state index in [0.29, 0.717) is 17.2 Å². The van der Waals surface area contributed by atoms with Gasteiger partial charge in [0.05, 0.1) is 6.54 Å². The minimum absolute atomic E-state index is 0.134. The van der Waals surface area contributed by atoms with Gasteiger partial charge in [0.2, 0.25) is 0 Å². The van der Waals surface area contributed by atoms with Crippen molar-refractivity contribution in [2.24, 2.45) is 0 Å². The number of rotatable bonds is 3. The fourth-order valence-electron chi connectivity index (χ4n) is 2.52. The molecule has 0 aliphatic rings. The molecule has 0 spiro atoms. The van der Waals surface area contributed by atoms with E-state index >= 15 is 0 Å². The highest BCUT2D eigenvalue weighted by Gasteiger charge is 2.17. The van der Waals surface area contributed by atoms with Gasteiger partial charge in [-0.3, -0.25) is 14.2 Å².